The predicted octanol–water partition coefficient (Wildman–Crippen LogP) is -1.34. The number of nitrogens with two attached hydrogens (primary N) is 1. The Balaban J connectivity index is 3.29. The molecule has 0 aromatic rings. The second-order valence-corrected chi connectivity index (χ2v) is 2.35. The summed E-state index contributed by atoms with van der Waals surface area (Å²) < 4.78 is 0. The third kappa shape index (κ3) is 7.30. The first-order valence-electron chi connectivity index (χ1n) is 4.06. The number of nitrogens with one attached hydrogen (secondary N) is 1. The molecule has 0 fully saturated rings. The summed E-state index contributed by atoms with van der Waals surface area (Å²) in [6, 6.07) is 0. The third-order valence-electron chi connectivity index (χ3n) is 1.24. The second kappa shape index (κ2) is 8.29. The van der Waals surface area contributed by atoms with E-state index < -0.39 is 0 Å². The van der Waals surface area contributed by atoms with E-state index in [-0.39, 0.29) is 13.2 Å². The lowest BCUT2D eigenvalue weighted by atomic mass is 10.4. The first-order chi connectivity index (χ1) is 5.81. The summed E-state index contributed by atoms with van der Waals surface area (Å²) in [6.07, 6.45) is 1.29. The number of nitrogens with zero attached hydrogens (tertiary/aromatic N) is 1. The summed E-state index contributed by atoms with van der Waals surface area (Å²) in [4.78, 5) is 3.93. The van der Waals surface area contributed by atoms with Gasteiger partial charge in [0.25, 0.3) is 0 Å². The number of rotatable bonds is 6. The molecule has 0 saturated carbocycles. The molecule has 0 radical (unpaired) electrons. The van der Waals surface area contributed by atoms with Gasteiger partial charge in [-0.25, -0.2) is 0 Å². The lowest BCUT2D eigenvalue weighted by Gasteiger charge is -2.02. The van der Waals surface area contributed by atoms with Gasteiger partial charge in [-0.3, -0.25) is 4.99 Å². The van der Waals surface area contributed by atoms with Crippen LogP contribution in [0.3, 0.4) is 0 Å². The zero-order chi connectivity index (χ0) is 9.23. The first-order valence-corrected chi connectivity index (χ1v) is 4.06. The van der Waals surface area contributed by atoms with Crippen LogP contribution in [0, 0.1) is 0 Å². The van der Waals surface area contributed by atoms with E-state index in [9.17, 15) is 0 Å². The molecule has 0 amide bonds. The third-order valence-corrected chi connectivity index (χ3v) is 1.24. The Morgan fingerprint density at radius 2 is 1.92 bits per heavy atom. The van der Waals surface area contributed by atoms with Gasteiger partial charge in [0.05, 0.1) is 0 Å². The van der Waals surface area contributed by atoms with Gasteiger partial charge in [0.1, 0.15) is 0 Å². The number of aliphatic hydroxyl groups excluding tert-OH is 2. The van der Waals surface area contributed by atoms with Crippen LogP contribution in [0.4, 0.5) is 0 Å². The van der Waals surface area contributed by atoms with E-state index in [0.29, 0.717) is 31.9 Å². The van der Waals surface area contributed by atoms with Crippen molar-refractivity contribution in [2.75, 3.05) is 26.3 Å². The van der Waals surface area contributed by atoms with Crippen LogP contribution >= 0.6 is 0 Å². The second-order valence-electron chi connectivity index (χ2n) is 2.35. The van der Waals surface area contributed by atoms with Crippen molar-refractivity contribution in [3.63, 3.8) is 0 Å². The van der Waals surface area contributed by atoms with E-state index in [2.05, 4.69) is 10.3 Å². The Morgan fingerprint density at radius 3 is 2.50 bits per heavy atom. The fourth-order valence-electron chi connectivity index (χ4n) is 0.622. The van der Waals surface area contributed by atoms with Crippen LogP contribution in [0.2, 0.25) is 0 Å². The average molecular weight is 175 g/mol. The lowest BCUT2D eigenvalue weighted by Crippen LogP contribution is -2.32. The molecule has 0 atom stereocenters. The molecule has 0 rings (SSSR count). The number of hydrogen-bond donors (Lipinski definition) is 4. The maximum atomic E-state index is 8.44. The fraction of sp³-hybridized carbons (Fsp3) is 0.857. The summed E-state index contributed by atoms with van der Waals surface area (Å²) in [5.41, 5.74) is 5.43. The Morgan fingerprint density at radius 1 is 1.25 bits per heavy atom. The normalized spacial score (nSPS) is 11.7. The molecule has 5 heteroatoms. The molecule has 0 saturated heterocycles. The molecule has 0 aromatic heterocycles. The quantitative estimate of drug-likeness (QED) is 0.228. The zero-order valence-corrected chi connectivity index (χ0v) is 7.16. The number of guanidine groups is 1. The number of aliphatic hydroxyl groups is 2. The Kier molecular flexibility index (Phi) is 7.73. The molecule has 0 aliphatic rings. The summed E-state index contributed by atoms with van der Waals surface area (Å²) in [6.45, 7) is 1.45. The van der Waals surface area contributed by atoms with Crippen molar-refractivity contribution >= 4 is 5.96 Å². The molecule has 0 bridgehead atoms. The van der Waals surface area contributed by atoms with Crippen LogP contribution in [-0.2, 0) is 0 Å². The van der Waals surface area contributed by atoms with Crippen LogP contribution in [0.5, 0.6) is 0 Å². The smallest absolute Gasteiger partial charge is 0.188 e. The molecule has 0 aromatic carbocycles. The largest absolute Gasteiger partial charge is 0.396 e. The Hall–Kier alpha value is -0.810. The summed E-state index contributed by atoms with van der Waals surface area (Å²) in [5.74, 6) is 0.372. The van der Waals surface area contributed by atoms with Crippen LogP contribution in [0.15, 0.2) is 4.99 Å². The van der Waals surface area contributed by atoms with Crippen molar-refractivity contribution in [3.8, 4) is 0 Å². The molecular weight excluding hydrogens is 158 g/mol. The Labute approximate surface area is 72.3 Å². The minimum absolute atomic E-state index is 0.132. The highest BCUT2D eigenvalue weighted by Crippen LogP contribution is 1.78. The van der Waals surface area contributed by atoms with Gasteiger partial charge in [0.2, 0.25) is 0 Å². The Bertz CT molecular complexity index is 128. The topological polar surface area (TPSA) is 90.9 Å². The summed E-state index contributed by atoms with van der Waals surface area (Å²) in [7, 11) is 0. The number of hydrogen-bond acceptors (Lipinski definition) is 3. The molecule has 0 heterocycles. The molecule has 12 heavy (non-hydrogen) atoms. The fourth-order valence-corrected chi connectivity index (χ4v) is 0.622. The van der Waals surface area contributed by atoms with Gasteiger partial charge in [-0.15, -0.1) is 0 Å². The van der Waals surface area contributed by atoms with E-state index in [1.807, 2.05) is 0 Å². The van der Waals surface area contributed by atoms with Gasteiger partial charge >= 0.3 is 0 Å². The highest BCUT2D eigenvalue weighted by atomic mass is 16.3. The van der Waals surface area contributed by atoms with Gasteiger partial charge < -0.3 is 21.3 Å². The van der Waals surface area contributed by atoms with Gasteiger partial charge in [0, 0.05) is 26.3 Å². The summed E-state index contributed by atoms with van der Waals surface area (Å²) >= 11 is 0. The molecular formula is C7H17N3O2. The molecule has 0 unspecified atom stereocenters. The van der Waals surface area contributed by atoms with Crippen molar-refractivity contribution in [2.45, 2.75) is 12.8 Å². The van der Waals surface area contributed by atoms with Crippen molar-refractivity contribution in [1.82, 2.24) is 5.32 Å². The van der Waals surface area contributed by atoms with Gasteiger partial charge in [-0.05, 0) is 12.8 Å². The molecule has 0 aliphatic heterocycles. The van der Waals surface area contributed by atoms with Crippen molar-refractivity contribution in [2.24, 2.45) is 10.7 Å². The highest BCUT2D eigenvalue weighted by Gasteiger charge is 1.89. The van der Waals surface area contributed by atoms with Gasteiger partial charge in [-0.2, -0.15) is 0 Å². The SMILES string of the molecule is NC(=NCCCO)NCCCO. The van der Waals surface area contributed by atoms with E-state index in [1.165, 1.54) is 0 Å². The van der Waals surface area contributed by atoms with E-state index >= 15 is 0 Å². The van der Waals surface area contributed by atoms with Crippen molar-refractivity contribution < 1.29 is 10.2 Å². The highest BCUT2D eigenvalue weighted by molar-refractivity contribution is 5.77. The van der Waals surface area contributed by atoms with E-state index in [4.69, 9.17) is 15.9 Å². The molecule has 0 aliphatic carbocycles. The average Bonchev–Trinajstić information content (AvgIpc) is 2.06. The van der Waals surface area contributed by atoms with Gasteiger partial charge in [-0.1, -0.05) is 0 Å². The first kappa shape index (κ1) is 11.2. The van der Waals surface area contributed by atoms with Crippen LogP contribution in [0.25, 0.3) is 0 Å². The minimum Gasteiger partial charge on any atom is -0.396 e. The molecule has 5 nitrogen and oxygen atoms in total. The van der Waals surface area contributed by atoms with Crippen LogP contribution in [-0.4, -0.2) is 42.5 Å². The van der Waals surface area contributed by atoms with E-state index in [0.717, 1.165) is 0 Å². The van der Waals surface area contributed by atoms with E-state index in [1.54, 1.807) is 0 Å². The maximum Gasteiger partial charge on any atom is 0.188 e. The monoisotopic (exact) mass is 175 g/mol. The van der Waals surface area contributed by atoms with Crippen LogP contribution < -0.4 is 11.1 Å². The number of aliphatic imine (C=N–C) groups is 1. The van der Waals surface area contributed by atoms with Crippen molar-refractivity contribution in [3.05, 3.63) is 0 Å². The van der Waals surface area contributed by atoms with Crippen molar-refractivity contribution in [1.29, 1.82) is 0 Å². The summed E-state index contributed by atoms with van der Waals surface area (Å²) in [5, 5.41) is 19.7. The molecule has 5 N–H and O–H groups in total. The zero-order valence-electron chi connectivity index (χ0n) is 7.16. The van der Waals surface area contributed by atoms with Crippen LogP contribution in [0.1, 0.15) is 12.8 Å². The van der Waals surface area contributed by atoms with Gasteiger partial charge in [0.15, 0.2) is 5.96 Å². The lowest BCUT2D eigenvalue weighted by molar-refractivity contribution is 0.289. The standard InChI is InChI=1S/C7H17N3O2/c8-7(9-3-1-5-11)10-4-2-6-12/h11-12H,1-6H2,(H3,8,9,10). The maximum absolute atomic E-state index is 8.44. The minimum atomic E-state index is 0.132. The predicted molar refractivity (Wildman–Crippen MR) is 47.9 cm³/mol. The molecule has 72 valence electrons. The molecule has 0 spiro atoms.